The van der Waals surface area contributed by atoms with E-state index in [-0.39, 0.29) is 22.8 Å². The van der Waals surface area contributed by atoms with E-state index in [4.69, 9.17) is 0 Å². The van der Waals surface area contributed by atoms with Gasteiger partial charge in [0, 0.05) is 5.56 Å². The zero-order valence-electron chi connectivity index (χ0n) is 11.5. The molecule has 0 heterocycles. The van der Waals surface area contributed by atoms with Gasteiger partial charge >= 0.3 is 0 Å². The summed E-state index contributed by atoms with van der Waals surface area (Å²) in [6.45, 7) is 2.05. The van der Waals surface area contributed by atoms with Crippen LogP contribution in [-0.4, -0.2) is 16.0 Å². The van der Waals surface area contributed by atoms with E-state index in [0.717, 1.165) is 12.8 Å². The van der Waals surface area contributed by atoms with Gasteiger partial charge in [-0.2, -0.15) is 0 Å². The summed E-state index contributed by atoms with van der Waals surface area (Å²) in [4.78, 5) is 12.4. The number of unbranched alkanes of at least 4 members (excludes halogenated alkanes) is 1. The zero-order chi connectivity index (χ0) is 14.5. The van der Waals surface area contributed by atoms with Crippen molar-refractivity contribution in [1.82, 2.24) is 0 Å². The van der Waals surface area contributed by atoms with Gasteiger partial charge in [0.2, 0.25) is 0 Å². The van der Waals surface area contributed by atoms with Crippen LogP contribution in [0.1, 0.15) is 41.3 Å². The van der Waals surface area contributed by atoms with Gasteiger partial charge in [0.05, 0.1) is 5.56 Å². The fourth-order valence-corrected chi connectivity index (χ4v) is 2.15. The van der Waals surface area contributed by atoms with Crippen molar-refractivity contribution < 1.29 is 15.0 Å². The van der Waals surface area contributed by atoms with Gasteiger partial charge in [-0.25, -0.2) is 0 Å². The maximum Gasteiger partial charge on any atom is 0.196 e. The average Bonchev–Trinajstić information content (AvgIpc) is 2.48. The van der Waals surface area contributed by atoms with Crippen LogP contribution < -0.4 is 0 Å². The van der Waals surface area contributed by atoms with Crippen molar-refractivity contribution in [2.24, 2.45) is 0 Å². The summed E-state index contributed by atoms with van der Waals surface area (Å²) < 4.78 is 0. The Bertz CT molecular complexity index is 603. The molecule has 0 unspecified atom stereocenters. The van der Waals surface area contributed by atoms with E-state index >= 15 is 0 Å². The Kier molecular flexibility index (Phi) is 4.41. The van der Waals surface area contributed by atoms with Crippen LogP contribution in [0.2, 0.25) is 0 Å². The van der Waals surface area contributed by atoms with Crippen LogP contribution in [-0.2, 0) is 6.42 Å². The Morgan fingerprint density at radius 1 is 1.10 bits per heavy atom. The topological polar surface area (TPSA) is 57.5 Å². The molecule has 0 saturated heterocycles. The summed E-state index contributed by atoms with van der Waals surface area (Å²) in [5.41, 5.74) is 1.27. The lowest BCUT2D eigenvalue weighted by Gasteiger charge is -2.10. The number of phenols is 2. The van der Waals surface area contributed by atoms with Gasteiger partial charge in [0.25, 0.3) is 0 Å². The number of aryl methyl sites for hydroxylation is 1. The van der Waals surface area contributed by atoms with Gasteiger partial charge in [0.1, 0.15) is 11.5 Å². The summed E-state index contributed by atoms with van der Waals surface area (Å²) in [6, 6.07) is 11.6. The van der Waals surface area contributed by atoms with Crippen molar-refractivity contribution in [1.29, 1.82) is 0 Å². The minimum atomic E-state index is -0.281. The summed E-state index contributed by atoms with van der Waals surface area (Å²) in [5.74, 6) is -0.296. The maximum absolute atomic E-state index is 12.4. The van der Waals surface area contributed by atoms with Crippen molar-refractivity contribution in [3.63, 3.8) is 0 Å². The molecule has 104 valence electrons. The van der Waals surface area contributed by atoms with E-state index < -0.39 is 0 Å². The quantitative estimate of drug-likeness (QED) is 0.643. The lowest BCUT2D eigenvalue weighted by molar-refractivity contribution is 0.103. The summed E-state index contributed by atoms with van der Waals surface area (Å²) in [5, 5.41) is 20.0. The number of phenolic OH excluding ortho intramolecular Hbond substituents is 2. The predicted molar refractivity (Wildman–Crippen MR) is 78.3 cm³/mol. The van der Waals surface area contributed by atoms with Crippen LogP contribution in [0.3, 0.4) is 0 Å². The average molecular weight is 270 g/mol. The van der Waals surface area contributed by atoms with E-state index in [1.807, 2.05) is 6.07 Å². The van der Waals surface area contributed by atoms with Gasteiger partial charge in [-0.05, 0) is 30.5 Å². The highest BCUT2D eigenvalue weighted by atomic mass is 16.3. The van der Waals surface area contributed by atoms with Gasteiger partial charge in [-0.1, -0.05) is 43.7 Å². The highest BCUT2D eigenvalue weighted by Gasteiger charge is 2.17. The molecule has 0 amide bonds. The van der Waals surface area contributed by atoms with E-state index in [1.54, 1.807) is 24.3 Å². The second kappa shape index (κ2) is 6.24. The molecule has 0 spiro atoms. The molecule has 0 aromatic heterocycles. The minimum Gasteiger partial charge on any atom is -0.508 e. The molecule has 0 fully saturated rings. The molecule has 3 nitrogen and oxygen atoms in total. The molecule has 2 rings (SSSR count). The lowest BCUT2D eigenvalue weighted by atomic mass is 9.97. The Morgan fingerprint density at radius 2 is 1.80 bits per heavy atom. The Balaban J connectivity index is 2.41. The molecule has 0 aliphatic heterocycles. The third-order valence-corrected chi connectivity index (χ3v) is 3.25. The van der Waals surface area contributed by atoms with E-state index in [0.29, 0.717) is 17.5 Å². The molecular weight excluding hydrogens is 252 g/mol. The predicted octanol–water partition coefficient (Wildman–Crippen LogP) is 3.67. The number of carbonyl (C=O) groups is 1. The summed E-state index contributed by atoms with van der Waals surface area (Å²) in [7, 11) is 0. The first-order valence-corrected chi connectivity index (χ1v) is 6.78. The van der Waals surface area contributed by atoms with Crippen molar-refractivity contribution in [3.8, 4) is 11.5 Å². The normalized spacial score (nSPS) is 10.4. The molecule has 3 heteroatoms. The third kappa shape index (κ3) is 2.99. The third-order valence-electron chi connectivity index (χ3n) is 3.25. The van der Waals surface area contributed by atoms with Crippen LogP contribution in [0.5, 0.6) is 11.5 Å². The smallest absolute Gasteiger partial charge is 0.196 e. The van der Waals surface area contributed by atoms with Crippen molar-refractivity contribution >= 4 is 5.78 Å². The number of carbonyl (C=O) groups excluding carboxylic acids is 1. The fraction of sp³-hybridized carbons (Fsp3) is 0.235. The van der Waals surface area contributed by atoms with Crippen LogP contribution in [0.15, 0.2) is 42.5 Å². The molecular formula is C17H18O3. The first-order valence-electron chi connectivity index (χ1n) is 6.78. The second-order valence-corrected chi connectivity index (χ2v) is 4.80. The van der Waals surface area contributed by atoms with E-state index in [2.05, 4.69) is 6.92 Å². The number of hydrogen-bond donors (Lipinski definition) is 2. The number of aromatic hydroxyl groups is 2. The molecule has 0 aliphatic carbocycles. The number of rotatable bonds is 5. The highest BCUT2D eigenvalue weighted by molar-refractivity contribution is 6.11. The standard InChI is InChI=1S/C17H18O3/c1-2-3-7-13-10-14(18)11-15(17(13)20)16(19)12-8-5-4-6-9-12/h4-6,8-11,18,20H,2-3,7H2,1H3. The van der Waals surface area contributed by atoms with E-state index in [1.165, 1.54) is 12.1 Å². The molecule has 2 N–H and O–H groups in total. The second-order valence-electron chi connectivity index (χ2n) is 4.80. The van der Waals surface area contributed by atoms with Crippen LogP contribution in [0, 0.1) is 0 Å². The Hall–Kier alpha value is -2.29. The van der Waals surface area contributed by atoms with Crippen LogP contribution in [0.4, 0.5) is 0 Å². The monoisotopic (exact) mass is 270 g/mol. The first-order chi connectivity index (χ1) is 9.63. The Labute approximate surface area is 118 Å². The zero-order valence-corrected chi connectivity index (χ0v) is 11.5. The van der Waals surface area contributed by atoms with Crippen molar-refractivity contribution in [3.05, 3.63) is 59.2 Å². The van der Waals surface area contributed by atoms with Crippen molar-refractivity contribution in [2.45, 2.75) is 26.2 Å². The molecule has 0 saturated carbocycles. The van der Waals surface area contributed by atoms with Gasteiger partial charge < -0.3 is 10.2 Å². The lowest BCUT2D eigenvalue weighted by Crippen LogP contribution is -2.03. The van der Waals surface area contributed by atoms with Gasteiger partial charge in [-0.3, -0.25) is 4.79 Å². The molecule has 2 aromatic rings. The maximum atomic E-state index is 12.4. The van der Waals surface area contributed by atoms with Crippen LogP contribution in [0.25, 0.3) is 0 Å². The van der Waals surface area contributed by atoms with E-state index in [9.17, 15) is 15.0 Å². The Morgan fingerprint density at radius 3 is 2.45 bits per heavy atom. The molecule has 0 bridgehead atoms. The van der Waals surface area contributed by atoms with Gasteiger partial charge in [-0.15, -0.1) is 0 Å². The first kappa shape index (κ1) is 14.1. The molecule has 2 aromatic carbocycles. The molecule has 20 heavy (non-hydrogen) atoms. The van der Waals surface area contributed by atoms with Crippen molar-refractivity contribution in [2.75, 3.05) is 0 Å². The summed E-state index contributed by atoms with van der Waals surface area (Å²) >= 11 is 0. The number of ketones is 1. The highest BCUT2D eigenvalue weighted by Crippen LogP contribution is 2.30. The minimum absolute atomic E-state index is 0.00758. The fourth-order valence-electron chi connectivity index (χ4n) is 2.15. The SMILES string of the molecule is CCCCc1cc(O)cc(C(=O)c2ccccc2)c1O. The molecule has 0 aliphatic rings. The molecule has 0 radical (unpaired) electrons. The van der Waals surface area contributed by atoms with Crippen LogP contribution >= 0.6 is 0 Å². The summed E-state index contributed by atoms with van der Waals surface area (Å²) in [6.07, 6.45) is 2.53. The number of hydrogen-bond acceptors (Lipinski definition) is 3. The molecule has 0 atom stereocenters. The van der Waals surface area contributed by atoms with Gasteiger partial charge in [0.15, 0.2) is 5.78 Å². The number of benzene rings is 2. The largest absolute Gasteiger partial charge is 0.508 e.